The highest BCUT2D eigenvalue weighted by molar-refractivity contribution is 6.01. The molecule has 5 heteroatoms. The van der Waals surface area contributed by atoms with Gasteiger partial charge in [0.05, 0.1) is 18.3 Å². The van der Waals surface area contributed by atoms with Crippen LogP contribution in [0.4, 0.5) is 5.69 Å². The van der Waals surface area contributed by atoms with Gasteiger partial charge in [0.2, 0.25) is 0 Å². The minimum atomic E-state index is -0.206. The molecule has 1 aromatic rings. The maximum absolute atomic E-state index is 12.5. The number of hydrogen-bond donors (Lipinski definition) is 2. The van der Waals surface area contributed by atoms with Gasteiger partial charge in [-0.15, -0.1) is 0 Å². The lowest BCUT2D eigenvalue weighted by atomic mass is 10.0. The zero-order valence-corrected chi connectivity index (χ0v) is 13.6. The van der Waals surface area contributed by atoms with Crippen LogP contribution in [0.3, 0.4) is 0 Å². The summed E-state index contributed by atoms with van der Waals surface area (Å²) >= 11 is 0. The number of fused-ring (bicyclic) bond motifs is 1. The molecule has 2 N–H and O–H groups in total. The number of anilines is 1. The lowest BCUT2D eigenvalue weighted by Gasteiger charge is -2.27. The first-order chi connectivity index (χ1) is 10.7. The van der Waals surface area contributed by atoms with Crippen molar-refractivity contribution in [2.24, 2.45) is 0 Å². The Balaban J connectivity index is 1.96. The Morgan fingerprint density at radius 1 is 1.55 bits per heavy atom. The molecule has 122 valence electrons. The summed E-state index contributed by atoms with van der Waals surface area (Å²) in [5.41, 5.74) is 1.61. The molecule has 0 aromatic heterocycles. The Bertz CT molecular complexity index is 505. The summed E-state index contributed by atoms with van der Waals surface area (Å²) in [5, 5.41) is 6.57. The van der Waals surface area contributed by atoms with Crippen molar-refractivity contribution in [3.8, 4) is 5.75 Å². The molecule has 1 aliphatic rings. The number of hydrogen-bond acceptors (Lipinski definition) is 5. The Morgan fingerprint density at radius 2 is 2.36 bits per heavy atom. The van der Waals surface area contributed by atoms with Crippen molar-refractivity contribution < 1.29 is 14.3 Å². The first-order valence-corrected chi connectivity index (χ1v) is 7.96. The first kappa shape index (κ1) is 16.8. The fourth-order valence-corrected chi connectivity index (χ4v) is 2.47. The van der Waals surface area contributed by atoms with Crippen molar-refractivity contribution in [2.45, 2.75) is 38.8 Å². The average Bonchev–Trinajstić information content (AvgIpc) is 2.56. The van der Waals surface area contributed by atoms with E-state index in [0.717, 1.165) is 37.4 Å². The lowest BCUT2D eigenvalue weighted by molar-refractivity contribution is 0.0949. The summed E-state index contributed by atoms with van der Waals surface area (Å²) in [5.74, 6) is 0.926. The van der Waals surface area contributed by atoms with Gasteiger partial charge in [0.25, 0.3) is 0 Å². The number of carbonyl (C=O) groups excluding carboxylic acids is 1. The number of methoxy groups -OCH3 is 1. The molecule has 0 aliphatic carbocycles. The van der Waals surface area contributed by atoms with Crippen molar-refractivity contribution in [2.75, 3.05) is 32.1 Å². The number of rotatable bonds is 8. The number of nitrogens with one attached hydrogen (secondary N) is 2. The normalized spacial score (nSPS) is 18.0. The first-order valence-electron chi connectivity index (χ1n) is 7.96. The van der Waals surface area contributed by atoms with Gasteiger partial charge >= 0.3 is 0 Å². The van der Waals surface area contributed by atoms with Gasteiger partial charge < -0.3 is 20.1 Å². The van der Waals surface area contributed by atoms with Crippen molar-refractivity contribution in [3.63, 3.8) is 0 Å². The lowest BCUT2D eigenvalue weighted by Crippen LogP contribution is -2.35. The largest absolute Gasteiger partial charge is 0.486 e. The molecule has 0 radical (unpaired) electrons. The zero-order chi connectivity index (χ0) is 15.9. The van der Waals surface area contributed by atoms with E-state index in [9.17, 15) is 4.79 Å². The number of ketones is 1. The summed E-state index contributed by atoms with van der Waals surface area (Å²) in [7, 11) is 1.68. The molecule has 2 atom stereocenters. The molecular weight excluding hydrogens is 280 g/mol. The molecule has 1 aliphatic heterocycles. The van der Waals surface area contributed by atoms with E-state index in [4.69, 9.17) is 9.47 Å². The van der Waals surface area contributed by atoms with E-state index in [1.807, 2.05) is 25.1 Å². The van der Waals surface area contributed by atoms with E-state index in [0.29, 0.717) is 12.2 Å². The predicted octanol–water partition coefficient (Wildman–Crippen LogP) is 2.47. The molecule has 0 saturated carbocycles. The maximum Gasteiger partial charge on any atom is 0.179 e. The summed E-state index contributed by atoms with van der Waals surface area (Å²) in [6.45, 7) is 6.25. The molecule has 2 unspecified atom stereocenters. The van der Waals surface area contributed by atoms with Crippen LogP contribution < -0.4 is 15.4 Å². The second-order valence-electron chi connectivity index (χ2n) is 5.63. The quantitative estimate of drug-likeness (QED) is 0.571. The van der Waals surface area contributed by atoms with E-state index >= 15 is 0 Å². The van der Waals surface area contributed by atoms with E-state index in [-0.39, 0.29) is 17.9 Å². The van der Waals surface area contributed by atoms with Gasteiger partial charge in [0.15, 0.2) is 5.78 Å². The number of Topliss-reactive ketones (excluding diaryl/α,β-unsaturated/α-hetero) is 1. The Kier molecular flexibility index (Phi) is 6.21. The van der Waals surface area contributed by atoms with Gasteiger partial charge in [-0.1, -0.05) is 6.92 Å². The minimum Gasteiger partial charge on any atom is -0.486 e. The second-order valence-corrected chi connectivity index (χ2v) is 5.63. The smallest absolute Gasteiger partial charge is 0.179 e. The van der Waals surface area contributed by atoms with Crippen LogP contribution in [0.25, 0.3) is 0 Å². The van der Waals surface area contributed by atoms with Crippen LogP contribution in [0.15, 0.2) is 18.2 Å². The molecule has 0 bridgehead atoms. The summed E-state index contributed by atoms with van der Waals surface area (Å²) in [6, 6.07) is 5.41. The highest BCUT2D eigenvalue weighted by Crippen LogP contribution is 2.30. The van der Waals surface area contributed by atoms with Crippen LogP contribution in [0.5, 0.6) is 5.75 Å². The SMILES string of the molecule is CCC1CNc2cc(C(=O)C(C)NCCCOC)ccc2O1. The van der Waals surface area contributed by atoms with Crippen LogP contribution in [0, 0.1) is 0 Å². The monoisotopic (exact) mass is 306 g/mol. The van der Waals surface area contributed by atoms with Crippen molar-refractivity contribution >= 4 is 11.5 Å². The van der Waals surface area contributed by atoms with Gasteiger partial charge in [-0.2, -0.15) is 0 Å². The molecule has 2 rings (SSSR count). The second kappa shape index (κ2) is 8.15. The Hall–Kier alpha value is -1.59. The fraction of sp³-hybridized carbons (Fsp3) is 0.588. The molecule has 0 fully saturated rings. The standard InChI is InChI=1S/C17H26N2O3/c1-4-14-11-19-15-10-13(6-7-16(15)22-14)17(20)12(2)18-8-5-9-21-3/h6-7,10,12,14,18-19H,4-5,8-9,11H2,1-3H3. The van der Waals surface area contributed by atoms with Crippen LogP contribution >= 0.6 is 0 Å². The molecule has 5 nitrogen and oxygen atoms in total. The van der Waals surface area contributed by atoms with Gasteiger partial charge in [0.1, 0.15) is 11.9 Å². The van der Waals surface area contributed by atoms with E-state index in [1.165, 1.54) is 0 Å². The van der Waals surface area contributed by atoms with Crippen molar-refractivity contribution in [3.05, 3.63) is 23.8 Å². The molecule has 0 spiro atoms. The van der Waals surface area contributed by atoms with Crippen LogP contribution in [0.2, 0.25) is 0 Å². The number of benzene rings is 1. The average molecular weight is 306 g/mol. The van der Waals surface area contributed by atoms with Gasteiger partial charge in [-0.05, 0) is 44.5 Å². The summed E-state index contributed by atoms with van der Waals surface area (Å²) < 4.78 is 10.9. The third kappa shape index (κ3) is 4.21. The fourth-order valence-electron chi connectivity index (χ4n) is 2.47. The molecule has 0 amide bonds. The summed E-state index contributed by atoms with van der Waals surface area (Å²) in [4.78, 5) is 12.5. The molecule has 1 aromatic carbocycles. The van der Waals surface area contributed by atoms with Crippen molar-refractivity contribution in [1.82, 2.24) is 5.32 Å². The maximum atomic E-state index is 12.5. The van der Waals surface area contributed by atoms with E-state index in [1.54, 1.807) is 7.11 Å². The topological polar surface area (TPSA) is 59.6 Å². The molecular formula is C17H26N2O3. The van der Waals surface area contributed by atoms with E-state index in [2.05, 4.69) is 17.6 Å². The van der Waals surface area contributed by atoms with Gasteiger partial charge in [-0.3, -0.25) is 4.79 Å². The number of ether oxygens (including phenoxy) is 2. The van der Waals surface area contributed by atoms with Crippen LogP contribution in [-0.4, -0.2) is 44.7 Å². The highest BCUT2D eigenvalue weighted by Gasteiger charge is 2.21. The molecule has 1 heterocycles. The predicted molar refractivity (Wildman–Crippen MR) is 87.9 cm³/mol. The molecule has 0 saturated heterocycles. The Labute approximate surface area is 132 Å². The molecule has 22 heavy (non-hydrogen) atoms. The van der Waals surface area contributed by atoms with Crippen molar-refractivity contribution in [1.29, 1.82) is 0 Å². The van der Waals surface area contributed by atoms with Crippen LogP contribution in [-0.2, 0) is 4.74 Å². The van der Waals surface area contributed by atoms with Crippen LogP contribution in [0.1, 0.15) is 37.0 Å². The van der Waals surface area contributed by atoms with E-state index < -0.39 is 0 Å². The Morgan fingerprint density at radius 3 is 3.09 bits per heavy atom. The van der Waals surface area contributed by atoms with Gasteiger partial charge in [0, 0.05) is 19.3 Å². The minimum absolute atomic E-state index is 0.0969. The third-order valence-electron chi connectivity index (χ3n) is 3.90. The summed E-state index contributed by atoms with van der Waals surface area (Å²) in [6.07, 6.45) is 2.07. The third-order valence-corrected chi connectivity index (χ3v) is 3.90. The van der Waals surface area contributed by atoms with Gasteiger partial charge in [-0.25, -0.2) is 0 Å². The highest BCUT2D eigenvalue weighted by atomic mass is 16.5. The number of carbonyl (C=O) groups is 1. The zero-order valence-electron chi connectivity index (χ0n) is 13.6.